The van der Waals surface area contributed by atoms with Crippen LogP contribution in [0, 0.1) is 0 Å². The lowest BCUT2D eigenvalue weighted by molar-refractivity contribution is -0.120. The molecule has 2 atom stereocenters. The van der Waals surface area contributed by atoms with Crippen molar-refractivity contribution < 1.29 is 23.6 Å². The van der Waals surface area contributed by atoms with Crippen LogP contribution < -0.4 is 20.3 Å². The maximum absolute atomic E-state index is 12.5. The summed E-state index contributed by atoms with van der Waals surface area (Å²) < 4.78 is 16.9. The van der Waals surface area contributed by atoms with E-state index in [4.69, 9.17) is 15.4 Å². The van der Waals surface area contributed by atoms with Gasteiger partial charge in [0.15, 0.2) is 0 Å². The first-order valence-corrected chi connectivity index (χ1v) is 12.5. The fourth-order valence-electron chi connectivity index (χ4n) is 3.42. The van der Waals surface area contributed by atoms with E-state index in [1.54, 1.807) is 24.3 Å². The highest BCUT2D eigenvalue weighted by Crippen LogP contribution is 2.32. The van der Waals surface area contributed by atoms with Crippen molar-refractivity contribution in [1.29, 1.82) is 0 Å². The third-order valence-electron chi connectivity index (χ3n) is 5.18. The lowest BCUT2D eigenvalue weighted by Crippen LogP contribution is -2.39. The third kappa shape index (κ3) is 6.13. The molecule has 0 saturated heterocycles. The van der Waals surface area contributed by atoms with E-state index in [9.17, 15) is 18.9 Å². The summed E-state index contributed by atoms with van der Waals surface area (Å²) in [4.78, 5) is 27.3. The second kappa shape index (κ2) is 11.3. The molecule has 1 heterocycles. The average molecular weight is 492 g/mol. The molecule has 2 aromatic carbocycles. The van der Waals surface area contributed by atoms with E-state index in [-0.39, 0.29) is 24.6 Å². The quantitative estimate of drug-likeness (QED) is 0.367. The highest BCUT2D eigenvalue weighted by Gasteiger charge is 2.26. The van der Waals surface area contributed by atoms with Crippen LogP contribution in [0.1, 0.15) is 29.8 Å². The standard InChI is InChI=1S/C23H26ClN3O5S/c1-3-27(4-2)17-9-8-15-13-19(23(30)32-20(15)14-17)22(29)26-11-10-25-21(28)16-6-5-7-18(12-16)33(24)31/h5-9,12-14,23,30H,3-4,10-11H2,1-2H3,(H,25,28)(H,26,29). The molecule has 8 nitrogen and oxygen atoms in total. The number of carbonyl (C=O) groups excluding carboxylic acids is 2. The molecule has 33 heavy (non-hydrogen) atoms. The predicted octanol–water partition coefficient (Wildman–Crippen LogP) is 2.43. The number of benzene rings is 2. The normalized spacial score (nSPS) is 15.5. The molecule has 0 bridgehead atoms. The number of nitrogens with one attached hydrogen (secondary N) is 2. The number of carbonyl (C=O) groups is 2. The number of hydrogen-bond acceptors (Lipinski definition) is 6. The molecule has 0 radical (unpaired) electrons. The molecular formula is C23H26ClN3O5S. The van der Waals surface area contributed by atoms with Crippen LogP contribution in [0.25, 0.3) is 6.08 Å². The number of amides is 2. The Morgan fingerprint density at radius 1 is 1.09 bits per heavy atom. The van der Waals surface area contributed by atoms with Crippen LogP contribution >= 0.6 is 10.7 Å². The summed E-state index contributed by atoms with van der Waals surface area (Å²) >= 11 is 0. The van der Waals surface area contributed by atoms with Gasteiger partial charge in [-0.3, -0.25) is 9.59 Å². The van der Waals surface area contributed by atoms with Gasteiger partial charge in [-0.25, -0.2) is 4.21 Å². The van der Waals surface area contributed by atoms with Crippen LogP contribution in [-0.2, 0) is 14.8 Å². The summed E-state index contributed by atoms with van der Waals surface area (Å²) in [6.45, 7) is 6.10. The zero-order chi connectivity index (χ0) is 24.0. The van der Waals surface area contributed by atoms with E-state index in [2.05, 4.69) is 29.4 Å². The molecule has 0 spiro atoms. The predicted molar refractivity (Wildman–Crippen MR) is 129 cm³/mol. The topological polar surface area (TPSA) is 108 Å². The van der Waals surface area contributed by atoms with Crippen LogP contribution in [-0.4, -0.2) is 53.6 Å². The number of fused-ring (bicyclic) bond motifs is 1. The van der Waals surface area contributed by atoms with Gasteiger partial charge in [0.25, 0.3) is 11.8 Å². The highest BCUT2D eigenvalue weighted by atomic mass is 35.7. The largest absolute Gasteiger partial charge is 0.460 e. The Bertz CT molecular complexity index is 1090. The monoisotopic (exact) mass is 491 g/mol. The number of aliphatic hydroxyl groups excluding tert-OH is 1. The fraction of sp³-hybridized carbons (Fsp3) is 0.304. The summed E-state index contributed by atoms with van der Waals surface area (Å²) in [5.74, 6) is -0.364. The van der Waals surface area contributed by atoms with Crippen LogP contribution in [0.3, 0.4) is 0 Å². The molecular weight excluding hydrogens is 466 g/mol. The average Bonchev–Trinajstić information content (AvgIpc) is 2.81. The summed E-state index contributed by atoms with van der Waals surface area (Å²) in [5.41, 5.74) is 2.08. The van der Waals surface area contributed by atoms with Crippen LogP contribution in [0.5, 0.6) is 5.75 Å². The number of anilines is 1. The lowest BCUT2D eigenvalue weighted by atomic mass is 10.0. The number of aliphatic hydroxyl groups is 1. The van der Waals surface area contributed by atoms with Gasteiger partial charge in [-0.1, -0.05) is 6.07 Å². The smallest absolute Gasteiger partial charge is 0.253 e. The second-order valence-electron chi connectivity index (χ2n) is 7.23. The molecule has 10 heteroatoms. The van der Waals surface area contributed by atoms with Crippen molar-refractivity contribution in [2.45, 2.75) is 25.0 Å². The molecule has 3 N–H and O–H groups in total. The first-order chi connectivity index (χ1) is 15.8. The first kappa shape index (κ1) is 24.8. The van der Waals surface area contributed by atoms with Gasteiger partial charge < -0.3 is 25.4 Å². The van der Waals surface area contributed by atoms with E-state index in [0.717, 1.165) is 18.8 Å². The van der Waals surface area contributed by atoms with Crippen LogP contribution in [0.2, 0.25) is 0 Å². The summed E-state index contributed by atoms with van der Waals surface area (Å²) in [6, 6.07) is 11.8. The van der Waals surface area contributed by atoms with Crippen molar-refractivity contribution >= 4 is 44.3 Å². The zero-order valence-electron chi connectivity index (χ0n) is 18.3. The third-order valence-corrected chi connectivity index (χ3v) is 6.34. The number of rotatable bonds is 9. The van der Waals surface area contributed by atoms with Gasteiger partial charge in [-0.2, -0.15) is 0 Å². The van der Waals surface area contributed by atoms with Gasteiger partial charge in [0, 0.05) is 49.1 Å². The van der Waals surface area contributed by atoms with E-state index < -0.39 is 22.2 Å². The van der Waals surface area contributed by atoms with Gasteiger partial charge in [-0.15, -0.1) is 0 Å². The molecule has 0 saturated carbocycles. The molecule has 0 aliphatic carbocycles. The van der Waals surface area contributed by atoms with Gasteiger partial charge in [-0.05, 0) is 60.9 Å². The molecule has 0 aromatic heterocycles. The molecule has 0 fully saturated rings. The van der Waals surface area contributed by atoms with Crippen molar-refractivity contribution in [3.63, 3.8) is 0 Å². The first-order valence-electron chi connectivity index (χ1n) is 10.5. The summed E-state index contributed by atoms with van der Waals surface area (Å²) in [7, 11) is 3.84. The minimum atomic E-state index is -1.71. The molecule has 176 valence electrons. The molecule has 2 amide bonds. The fourth-order valence-corrected chi connectivity index (χ4v) is 4.12. The Hall–Kier alpha value is -2.88. The van der Waals surface area contributed by atoms with Crippen molar-refractivity contribution in [1.82, 2.24) is 10.6 Å². The molecule has 2 aromatic rings. The van der Waals surface area contributed by atoms with Crippen molar-refractivity contribution in [2.75, 3.05) is 31.1 Å². The van der Waals surface area contributed by atoms with E-state index in [1.165, 1.54) is 6.07 Å². The van der Waals surface area contributed by atoms with Crippen molar-refractivity contribution in [3.05, 3.63) is 59.2 Å². The number of halogens is 1. The molecule has 1 aliphatic heterocycles. The number of ether oxygens (including phenoxy) is 1. The summed E-state index contributed by atoms with van der Waals surface area (Å²) in [5, 5.41) is 15.6. The van der Waals surface area contributed by atoms with Crippen molar-refractivity contribution in [2.24, 2.45) is 0 Å². The molecule has 1 aliphatic rings. The molecule has 2 unspecified atom stereocenters. The van der Waals surface area contributed by atoms with Crippen LogP contribution in [0.15, 0.2) is 52.9 Å². The minimum absolute atomic E-state index is 0.0849. The zero-order valence-corrected chi connectivity index (χ0v) is 19.9. The Balaban J connectivity index is 1.57. The van der Waals surface area contributed by atoms with Gasteiger partial charge in [0.05, 0.1) is 10.5 Å². The van der Waals surface area contributed by atoms with Crippen LogP contribution in [0.4, 0.5) is 5.69 Å². The van der Waals surface area contributed by atoms with Gasteiger partial charge in [0.2, 0.25) is 6.29 Å². The van der Waals surface area contributed by atoms with Crippen molar-refractivity contribution in [3.8, 4) is 5.75 Å². The maximum Gasteiger partial charge on any atom is 0.253 e. The Labute approximate surface area is 199 Å². The maximum atomic E-state index is 12.5. The van der Waals surface area contributed by atoms with E-state index in [1.807, 2.05) is 18.2 Å². The minimum Gasteiger partial charge on any atom is -0.460 e. The van der Waals surface area contributed by atoms with Gasteiger partial charge >= 0.3 is 0 Å². The SMILES string of the molecule is CCN(CC)c1ccc2c(c1)OC(O)C(C(=O)NCCNC(=O)c1cccc(S(=O)Cl)c1)=C2. The number of nitrogens with zero attached hydrogens (tertiary/aromatic N) is 1. The summed E-state index contributed by atoms with van der Waals surface area (Å²) in [6.07, 6.45) is 0.208. The van der Waals surface area contributed by atoms with E-state index >= 15 is 0 Å². The Morgan fingerprint density at radius 3 is 2.45 bits per heavy atom. The second-order valence-corrected chi connectivity index (χ2v) is 8.99. The number of hydrogen-bond donors (Lipinski definition) is 3. The van der Waals surface area contributed by atoms with E-state index in [0.29, 0.717) is 21.8 Å². The Kier molecular flexibility index (Phi) is 8.49. The molecule has 3 rings (SSSR count). The van der Waals surface area contributed by atoms with Gasteiger partial charge in [0.1, 0.15) is 15.8 Å². The lowest BCUT2D eigenvalue weighted by Gasteiger charge is -2.26. The highest BCUT2D eigenvalue weighted by molar-refractivity contribution is 8.08. The Morgan fingerprint density at radius 2 is 1.79 bits per heavy atom.